The molecule has 3 aromatic rings. The molecule has 0 unspecified atom stereocenters. The fourth-order valence-electron chi connectivity index (χ4n) is 4.34. The summed E-state index contributed by atoms with van der Waals surface area (Å²) in [4.78, 5) is 37.2. The lowest BCUT2D eigenvalue weighted by molar-refractivity contribution is -0.139. The van der Waals surface area contributed by atoms with Crippen LogP contribution in [0.4, 0.5) is 4.79 Å². The van der Waals surface area contributed by atoms with Gasteiger partial charge in [-0.25, -0.2) is 15.0 Å². The van der Waals surface area contributed by atoms with Gasteiger partial charge in [-0.1, -0.05) is 58.5 Å². The number of ether oxygens (including phenoxy) is 4. The molecule has 0 saturated carbocycles. The number of amides is 3. The third kappa shape index (κ3) is 8.76. The van der Waals surface area contributed by atoms with Crippen molar-refractivity contribution >= 4 is 70.5 Å². The summed E-state index contributed by atoms with van der Waals surface area (Å²) in [5.41, 5.74) is 4.73. The van der Waals surface area contributed by atoms with Crippen molar-refractivity contribution in [2.75, 3.05) is 20.3 Å². The maximum Gasteiger partial charge on any atom is 0.338 e. The van der Waals surface area contributed by atoms with Crippen LogP contribution in [0.1, 0.15) is 36.6 Å². The summed E-state index contributed by atoms with van der Waals surface area (Å²) in [6.07, 6.45) is 1.36. The highest BCUT2D eigenvalue weighted by atomic mass is 35.5. The van der Waals surface area contributed by atoms with E-state index in [0.29, 0.717) is 32.4 Å². The van der Waals surface area contributed by atoms with Crippen LogP contribution in [0, 0.1) is 0 Å². The Kier molecular flexibility index (Phi) is 12.0. The van der Waals surface area contributed by atoms with Gasteiger partial charge in [-0.3, -0.25) is 4.79 Å². The van der Waals surface area contributed by atoms with Crippen molar-refractivity contribution in [3.63, 3.8) is 0 Å². The van der Waals surface area contributed by atoms with Crippen LogP contribution >= 0.6 is 46.4 Å². The molecule has 3 aromatic carbocycles. The Bertz CT molecular complexity index is 1690. The first-order chi connectivity index (χ1) is 22.0. The monoisotopic (exact) mass is 708 g/mol. The molecule has 3 N–H and O–H groups in total. The maximum absolute atomic E-state index is 12.6. The van der Waals surface area contributed by atoms with Gasteiger partial charge in [-0.05, 0) is 61.4 Å². The van der Waals surface area contributed by atoms with Gasteiger partial charge >= 0.3 is 12.0 Å². The lowest BCUT2D eigenvalue weighted by Gasteiger charge is -2.28. The quantitative estimate of drug-likeness (QED) is 0.109. The second-order valence-electron chi connectivity index (χ2n) is 9.62. The third-order valence-electron chi connectivity index (χ3n) is 6.45. The van der Waals surface area contributed by atoms with E-state index < -0.39 is 30.6 Å². The summed E-state index contributed by atoms with van der Waals surface area (Å²) in [5, 5.41) is 10.6. The maximum atomic E-state index is 12.6. The minimum Gasteiger partial charge on any atom is -0.493 e. The number of halogens is 4. The molecule has 1 aliphatic heterocycles. The number of nitrogens with one attached hydrogen (secondary N) is 3. The van der Waals surface area contributed by atoms with E-state index >= 15 is 0 Å². The molecule has 11 nitrogen and oxygen atoms in total. The topological polar surface area (TPSA) is 137 Å². The van der Waals surface area contributed by atoms with Crippen LogP contribution in [0.5, 0.6) is 17.2 Å². The van der Waals surface area contributed by atoms with Crippen molar-refractivity contribution < 1.29 is 33.3 Å². The first kappa shape index (κ1) is 34.7. The molecule has 0 saturated heterocycles. The van der Waals surface area contributed by atoms with E-state index in [1.165, 1.54) is 13.3 Å². The molecule has 0 bridgehead atoms. The summed E-state index contributed by atoms with van der Waals surface area (Å²) >= 11 is 24.9. The SMILES string of the molecule is CCOC(=O)C1=C(C)NC(=O)N[C@H]1c1ccc(OCC(=O)N/N=C\c2cc(Cl)c(OCc3ccc(Cl)cc3Cl)c(Cl)c2)c(OC)c1. The Morgan fingerprint density at radius 3 is 2.39 bits per heavy atom. The van der Waals surface area contributed by atoms with Crippen molar-refractivity contribution in [2.24, 2.45) is 5.10 Å². The molecule has 1 aliphatic rings. The molecule has 3 amide bonds. The number of esters is 1. The van der Waals surface area contributed by atoms with Crippen LogP contribution in [0.3, 0.4) is 0 Å². The summed E-state index contributed by atoms with van der Waals surface area (Å²) in [7, 11) is 1.42. The van der Waals surface area contributed by atoms with Crippen LogP contribution in [0.25, 0.3) is 0 Å². The fourth-order valence-corrected chi connectivity index (χ4v) is 5.42. The number of rotatable bonds is 12. The lowest BCUT2D eigenvalue weighted by Crippen LogP contribution is -2.45. The summed E-state index contributed by atoms with van der Waals surface area (Å²) in [5.74, 6) is -0.351. The summed E-state index contributed by atoms with van der Waals surface area (Å²) in [6, 6.07) is 11.7. The Morgan fingerprint density at radius 2 is 1.72 bits per heavy atom. The van der Waals surface area contributed by atoms with E-state index in [1.54, 1.807) is 62.4 Å². The fraction of sp³-hybridized carbons (Fsp3) is 0.226. The first-order valence-corrected chi connectivity index (χ1v) is 15.2. The van der Waals surface area contributed by atoms with Crippen LogP contribution in [-0.2, 0) is 20.9 Å². The van der Waals surface area contributed by atoms with Gasteiger partial charge in [0.2, 0.25) is 0 Å². The highest BCUT2D eigenvalue weighted by Gasteiger charge is 2.32. The highest BCUT2D eigenvalue weighted by molar-refractivity contribution is 6.37. The first-order valence-electron chi connectivity index (χ1n) is 13.6. The molecule has 242 valence electrons. The van der Waals surface area contributed by atoms with Crippen molar-refractivity contribution in [3.05, 3.63) is 96.6 Å². The van der Waals surface area contributed by atoms with Gasteiger partial charge in [-0.2, -0.15) is 5.10 Å². The summed E-state index contributed by atoms with van der Waals surface area (Å²) < 4.78 is 22.0. The zero-order valence-corrected chi connectivity index (χ0v) is 27.7. The number of urea groups is 1. The second kappa shape index (κ2) is 15.9. The Balaban J connectivity index is 1.36. The van der Waals surface area contributed by atoms with E-state index in [1.807, 2.05) is 0 Å². The number of benzene rings is 3. The van der Waals surface area contributed by atoms with Crippen molar-refractivity contribution in [1.82, 2.24) is 16.1 Å². The number of carbonyl (C=O) groups is 3. The van der Waals surface area contributed by atoms with Gasteiger partial charge in [0, 0.05) is 21.3 Å². The third-order valence-corrected chi connectivity index (χ3v) is 7.60. The van der Waals surface area contributed by atoms with Crippen LogP contribution in [0.15, 0.2) is 64.9 Å². The number of allylic oxidation sites excluding steroid dienone is 1. The van der Waals surface area contributed by atoms with Gasteiger partial charge in [0.25, 0.3) is 5.91 Å². The van der Waals surface area contributed by atoms with Crippen molar-refractivity contribution in [1.29, 1.82) is 0 Å². The van der Waals surface area contributed by atoms with Gasteiger partial charge in [-0.15, -0.1) is 0 Å². The van der Waals surface area contributed by atoms with Crippen molar-refractivity contribution in [2.45, 2.75) is 26.5 Å². The zero-order chi connectivity index (χ0) is 33.4. The van der Waals surface area contributed by atoms with E-state index in [9.17, 15) is 14.4 Å². The highest BCUT2D eigenvalue weighted by Crippen LogP contribution is 2.36. The van der Waals surface area contributed by atoms with Gasteiger partial charge in [0.05, 0.1) is 41.6 Å². The van der Waals surface area contributed by atoms with Crippen molar-refractivity contribution in [3.8, 4) is 17.2 Å². The van der Waals surface area contributed by atoms with Gasteiger partial charge in [0.1, 0.15) is 6.61 Å². The number of nitrogens with zero attached hydrogens (tertiary/aromatic N) is 1. The standard InChI is InChI=1S/C31H28Cl4N4O7/c1-4-44-30(41)27-16(2)37-31(42)38-28(27)18-6-8-24(25(11-18)43-3)45-15-26(40)39-36-13-17-9-22(34)29(23(35)10-17)46-14-19-5-7-20(32)12-21(19)33/h5-13,28H,4,14-15H2,1-3H3,(H,39,40)(H2,37,38,42)/b36-13-/t28-/m0/s1. The summed E-state index contributed by atoms with van der Waals surface area (Å²) in [6.45, 7) is 3.19. The minimum atomic E-state index is -0.794. The Morgan fingerprint density at radius 1 is 0.978 bits per heavy atom. The zero-order valence-electron chi connectivity index (χ0n) is 24.7. The normalized spacial score (nSPS) is 14.4. The van der Waals surface area contributed by atoms with E-state index in [2.05, 4.69) is 21.2 Å². The number of carbonyl (C=O) groups excluding carboxylic acids is 3. The molecule has 0 fully saturated rings. The molecule has 46 heavy (non-hydrogen) atoms. The second-order valence-corrected chi connectivity index (χ2v) is 11.3. The number of hydrogen-bond donors (Lipinski definition) is 3. The molecule has 0 spiro atoms. The number of hydrazone groups is 1. The predicted octanol–water partition coefficient (Wildman–Crippen LogP) is 6.61. The molecule has 1 heterocycles. The van der Waals surface area contributed by atoms with Crippen LogP contribution in [-0.4, -0.2) is 44.4 Å². The smallest absolute Gasteiger partial charge is 0.338 e. The molecule has 15 heteroatoms. The van der Waals surface area contributed by atoms with Gasteiger partial charge in [0.15, 0.2) is 23.9 Å². The van der Waals surface area contributed by atoms with Crippen LogP contribution < -0.4 is 30.3 Å². The Hall–Kier alpha value is -4.16. The van der Waals surface area contributed by atoms with Crippen LogP contribution in [0.2, 0.25) is 20.1 Å². The average molecular weight is 710 g/mol. The van der Waals surface area contributed by atoms with Gasteiger partial charge < -0.3 is 29.6 Å². The largest absolute Gasteiger partial charge is 0.493 e. The average Bonchev–Trinajstić information content (AvgIpc) is 3.00. The number of methoxy groups -OCH3 is 1. The minimum absolute atomic E-state index is 0.117. The lowest BCUT2D eigenvalue weighted by atomic mass is 9.95. The Labute approximate surface area is 284 Å². The molecular weight excluding hydrogens is 682 g/mol. The van der Waals surface area contributed by atoms with E-state index in [0.717, 1.165) is 0 Å². The molecule has 0 aliphatic carbocycles. The molecule has 0 aromatic heterocycles. The molecule has 1 atom stereocenters. The number of hydrogen-bond acceptors (Lipinski definition) is 8. The van der Waals surface area contributed by atoms with E-state index in [-0.39, 0.29) is 46.1 Å². The molecule has 0 radical (unpaired) electrons. The predicted molar refractivity (Wildman–Crippen MR) is 175 cm³/mol. The van der Waals surface area contributed by atoms with E-state index in [4.69, 9.17) is 65.4 Å². The molecule has 4 rings (SSSR count). The molecular formula is C31H28Cl4N4O7.